The predicted octanol–water partition coefficient (Wildman–Crippen LogP) is 3.02. The first-order valence-electron chi connectivity index (χ1n) is 7.59. The number of benzene rings is 1. The van der Waals surface area contributed by atoms with Crippen LogP contribution in [0.2, 0.25) is 0 Å². The van der Waals surface area contributed by atoms with Gasteiger partial charge < -0.3 is 15.4 Å². The molecular formula is C17H26N2O2. The summed E-state index contributed by atoms with van der Waals surface area (Å²) in [4.78, 5) is 13.9. The zero-order valence-corrected chi connectivity index (χ0v) is 13.2. The lowest BCUT2D eigenvalue weighted by atomic mass is 9.73. The maximum Gasteiger partial charge on any atom is 0.410 e. The van der Waals surface area contributed by atoms with E-state index in [1.807, 2.05) is 30.3 Å². The number of amides is 1. The number of rotatable bonds is 2. The summed E-state index contributed by atoms with van der Waals surface area (Å²) in [6, 6.07) is 9.74. The molecule has 2 unspecified atom stereocenters. The fraction of sp³-hybridized carbons (Fsp3) is 0.588. The lowest BCUT2D eigenvalue weighted by Crippen LogP contribution is -2.53. The van der Waals surface area contributed by atoms with Crippen molar-refractivity contribution in [3.8, 4) is 0 Å². The second-order valence-electron chi connectivity index (χ2n) is 6.91. The van der Waals surface area contributed by atoms with E-state index in [0.717, 1.165) is 18.5 Å². The minimum absolute atomic E-state index is 0.0167. The highest BCUT2D eigenvalue weighted by atomic mass is 16.6. The third-order valence-corrected chi connectivity index (χ3v) is 4.23. The topological polar surface area (TPSA) is 55.6 Å². The molecule has 1 heterocycles. The molecule has 1 amide bonds. The van der Waals surface area contributed by atoms with Crippen molar-refractivity contribution >= 4 is 6.09 Å². The van der Waals surface area contributed by atoms with Crippen LogP contribution in [0.5, 0.6) is 0 Å². The zero-order chi connectivity index (χ0) is 15.5. The molecule has 1 saturated heterocycles. The van der Waals surface area contributed by atoms with Crippen LogP contribution >= 0.6 is 0 Å². The molecule has 4 nitrogen and oxygen atoms in total. The molecule has 2 rings (SSSR count). The van der Waals surface area contributed by atoms with E-state index >= 15 is 0 Å². The number of hydrogen-bond donors (Lipinski definition) is 1. The second-order valence-corrected chi connectivity index (χ2v) is 6.91. The highest BCUT2D eigenvalue weighted by Gasteiger charge is 2.36. The number of hydrogen-bond acceptors (Lipinski definition) is 3. The van der Waals surface area contributed by atoms with Gasteiger partial charge in [-0.2, -0.15) is 0 Å². The van der Waals surface area contributed by atoms with Gasteiger partial charge in [-0.05, 0) is 23.3 Å². The molecule has 0 aromatic heterocycles. The Balaban J connectivity index is 1.85. The van der Waals surface area contributed by atoms with Crippen molar-refractivity contribution < 1.29 is 9.53 Å². The summed E-state index contributed by atoms with van der Waals surface area (Å²) < 4.78 is 5.37. The third kappa shape index (κ3) is 4.21. The molecular weight excluding hydrogens is 264 g/mol. The number of nitrogens with two attached hydrogens (primary N) is 1. The first-order chi connectivity index (χ1) is 9.88. The minimum Gasteiger partial charge on any atom is -0.445 e. The largest absolute Gasteiger partial charge is 0.445 e. The number of nitrogens with zero attached hydrogens (tertiary/aromatic N) is 1. The fourth-order valence-electron chi connectivity index (χ4n) is 3.03. The van der Waals surface area contributed by atoms with Crippen molar-refractivity contribution in [1.82, 2.24) is 4.90 Å². The predicted molar refractivity (Wildman–Crippen MR) is 83.7 cm³/mol. The maximum atomic E-state index is 12.1. The standard InChI is InChI=1S/C17H26N2O2/c1-17(2,3)14-9-10-19(11-15(14)18)16(20)21-12-13-7-5-4-6-8-13/h4-8,14-15H,9-12,18H2,1-3H3. The molecule has 4 heteroatoms. The van der Waals surface area contributed by atoms with Gasteiger partial charge in [-0.1, -0.05) is 51.1 Å². The van der Waals surface area contributed by atoms with E-state index in [4.69, 9.17) is 10.5 Å². The van der Waals surface area contributed by atoms with Crippen LogP contribution in [0.3, 0.4) is 0 Å². The van der Waals surface area contributed by atoms with Crippen LogP contribution in [0.1, 0.15) is 32.8 Å². The van der Waals surface area contributed by atoms with Gasteiger partial charge in [-0.25, -0.2) is 4.79 Å². The van der Waals surface area contributed by atoms with Crippen LogP contribution in [0, 0.1) is 11.3 Å². The lowest BCUT2D eigenvalue weighted by Gasteiger charge is -2.42. The molecule has 116 valence electrons. The van der Waals surface area contributed by atoms with Gasteiger partial charge in [-0.3, -0.25) is 0 Å². The van der Waals surface area contributed by atoms with Crippen LogP contribution in [0.15, 0.2) is 30.3 Å². The Morgan fingerprint density at radius 3 is 2.57 bits per heavy atom. The summed E-state index contributed by atoms with van der Waals surface area (Å²) in [7, 11) is 0. The van der Waals surface area contributed by atoms with E-state index in [-0.39, 0.29) is 17.6 Å². The van der Waals surface area contributed by atoms with Crippen molar-refractivity contribution in [2.75, 3.05) is 13.1 Å². The van der Waals surface area contributed by atoms with Gasteiger partial charge in [0.15, 0.2) is 0 Å². The van der Waals surface area contributed by atoms with Gasteiger partial charge in [-0.15, -0.1) is 0 Å². The second kappa shape index (κ2) is 6.48. The van der Waals surface area contributed by atoms with Gasteiger partial charge in [0, 0.05) is 19.1 Å². The highest BCUT2D eigenvalue weighted by Crippen LogP contribution is 2.33. The molecule has 0 bridgehead atoms. The van der Waals surface area contributed by atoms with Crippen LogP contribution in [-0.4, -0.2) is 30.1 Å². The summed E-state index contributed by atoms with van der Waals surface area (Å²) in [5, 5.41) is 0. The van der Waals surface area contributed by atoms with E-state index < -0.39 is 0 Å². The molecule has 1 aromatic carbocycles. The molecule has 0 aliphatic carbocycles. The van der Waals surface area contributed by atoms with E-state index in [1.165, 1.54) is 0 Å². The van der Waals surface area contributed by atoms with Gasteiger partial charge >= 0.3 is 6.09 Å². The summed E-state index contributed by atoms with van der Waals surface area (Å²) in [6.45, 7) is 8.25. The molecule has 0 radical (unpaired) electrons. The van der Waals surface area contributed by atoms with Crippen molar-refractivity contribution in [1.29, 1.82) is 0 Å². The average molecular weight is 290 g/mol. The molecule has 2 atom stereocenters. The number of likely N-dealkylation sites (tertiary alicyclic amines) is 1. The maximum absolute atomic E-state index is 12.1. The van der Waals surface area contributed by atoms with Gasteiger partial charge in [0.25, 0.3) is 0 Å². The lowest BCUT2D eigenvalue weighted by molar-refractivity contribution is 0.0565. The van der Waals surface area contributed by atoms with Gasteiger partial charge in [0.05, 0.1) is 0 Å². The molecule has 1 aliphatic heterocycles. The first kappa shape index (κ1) is 15.8. The van der Waals surface area contributed by atoms with Crippen molar-refractivity contribution in [2.45, 2.75) is 39.8 Å². The van der Waals surface area contributed by atoms with Crippen molar-refractivity contribution in [3.63, 3.8) is 0 Å². The Morgan fingerprint density at radius 1 is 1.33 bits per heavy atom. The van der Waals surface area contributed by atoms with Crippen LogP contribution in [-0.2, 0) is 11.3 Å². The summed E-state index contributed by atoms with van der Waals surface area (Å²) in [6.07, 6.45) is 0.673. The Kier molecular flexibility index (Phi) is 4.88. The summed E-state index contributed by atoms with van der Waals surface area (Å²) >= 11 is 0. The number of ether oxygens (including phenoxy) is 1. The normalized spacial score (nSPS) is 23.0. The third-order valence-electron chi connectivity index (χ3n) is 4.23. The van der Waals surface area contributed by atoms with E-state index in [0.29, 0.717) is 19.1 Å². The smallest absolute Gasteiger partial charge is 0.410 e. The van der Waals surface area contributed by atoms with Crippen LogP contribution < -0.4 is 5.73 Å². The monoisotopic (exact) mass is 290 g/mol. The molecule has 21 heavy (non-hydrogen) atoms. The quantitative estimate of drug-likeness (QED) is 0.911. The molecule has 1 aromatic rings. The van der Waals surface area contributed by atoms with Crippen molar-refractivity contribution in [3.05, 3.63) is 35.9 Å². The fourth-order valence-corrected chi connectivity index (χ4v) is 3.03. The van der Waals surface area contributed by atoms with E-state index in [1.54, 1.807) is 4.90 Å². The summed E-state index contributed by atoms with van der Waals surface area (Å²) in [5.41, 5.74) is 7.43. The Morgan fingerprint density at radius 2 is 2.00 bits per heavy atom. The van der Waals surface area contributed by atoms with Crippen molar-refractivity contribution in [2.24, 2.45) is 17.1 Å². The number of carbonyl (C=O) groups is 1. The number of carbonyl (C=O) groups excluding carboxylic acids is 1. The Bertz CT molecular complexity index is 467. The summed E-state index contributed by atoms with van der Waals surface area (Å²) in [5.74, 6) is 0.440. The minimum atomic E-state index is -0.262. The molecule has 0 saturated carbocycles. The van der Waals surface area contributed by atoms with Gasteiger partial charge in [0.2, 0.25) is 0 Å². The Hall–Kier alpha value is -1.55. The molecule has 1 aliphatic rings. The zero-order valence-electron chi connectivity index (χ0n) is 13.2. The van der Waals surface area contributed by atoms with Gasteiger partial charge in [0.1, 0.15) is 6.61 Å². The molecule has 2 N–H and O–H groups in total. The van der Waals surface area contributed by atoms with E-state index in [9.17, 15) is 4.79 Å². The van der Waals surface area contributed by atoms with Crippen LogP contribution in [0.4, 0.5) is 4.79 Å². The average Bonchev–Trinajstić information content (AvgIpc) is 2.44. The molecule has 0 spiro atoms. The molecule has 1 fully saturated rings. The van der Waals surface area contributed by atoms with E-state index in [2.05, 4.69) is 20.8 Å². The van der Waals surface area contributed by atoms with Crippen LogP contribution in [0.25, 0.3) is 0 Å². The number of piperidine rings is 1. The first-order valence-corrected chi connectivity index (χ1v) is 7.59. The Labute approximate surface area is 127 Å². The highest BCUT2D eigenvalue weighted by molar-refractivity contribution is 5.67. The SMILES string of the molecule is CC(C)(C)C1CCN(C(=O)OCc2ccccc2)CC1N.